The molecular formula is C16H24ClN3. The standard InChI is InChI=1S/C16H24ClN3/c17-14-4-7-18-15(12-14)13-19-10-5-16(6-11-19)20-8-2-1-3-9-20/h4,7,12,16H,1-3,5-6,8-11,13H2. The third-order valence-electron chi connectivity index (χ3n) is 4.63. The summed E-state index contributed by atoms with van der Waals surface area (Å²) in [6.07, 6.45) is 8.63. The van der Waals surface area contributed by atoms with Crippen molar-refractivity contribution in [2.75, 3.05) is 26.2 Å². The summed E-state index contributed by atoms with van der Waals surface area (Å²) in [5.74, 6) is 0. The molecule has 0 bridgehead atoms. The summed E-state index contributed by atoms with van der Waals surface area (Å²) in [4.78, 5) is 9.64. The highest BCUT2D eigenvalue weighted by Crippen LogP contribution is 2.22. The van der Waals surface area contributed by atoms with Crippen LogP contribution >= 0.6 is 11.6 Å². The highest BCUT2D eigenvalue weighted by atomic mass is 35.5. The van der Waals surface area contributed by atoms with Crippen LogP contribution in [0.15, 0.2) is 18.3 Å². The summed E-state index contributed by atoms with van der Waals surface area (Å²) < 4.78 is 0. The molecule has 0 spiro atoms. The van der Waals surface area contributed by atoms with Crippen LogP contribution in [0, 0.1) is 0 Å². The van der Waals surface area contributed by atoms with Gasteiger partial charge in [0.25, 0.3) is 0 Å². The number of piperidine rings is 2. The van der Waals surface area contributed by atoms with Gasteiger partial charge in [-0.05, 0) is 50.9 Å². The molecule has 0 radical (unpaired) electrons. The zero-order chi connectivity index (χ0) is 13.8. The Bertz CT molecular complexity index is 423. The summed E-state index contributed by atoms with van der Waals surface area (Å²) >= 11 is 6.02. The molecule has 0 saturated carbocycles. The van der Waals surface area contributed by atoms with Crippen molar-refractivity contribution in [1.29, 1.82) is 0 Å². The fourth-order valence-corrected chi connectivity index (χ4v) is 3.67. The van der Waals surface area contributed by atoms with Gasteiger partial charge in [0.1, 0.15) is 0 Å². The molecular weight excluding hydrogens is 270 g/mol. The number of aromatic nitrogens is 1. The van der Waals surface area contributed by atoms with Crippen LogP contribution < -0.4 is 0 Å². The lowest BCUT2D eigenvalue weighted by molar-refractivity contribution is 0.0891. The number of halogens is 1. The number of nitrogens with zero attached hydrogens (tertiary/aromatic N) is 3. The average molecular weight is 294 g/mol. The molecule has 4 heteroatoms. The van der Waals surface area contributed by atoms with Crippen molar-refractivity contribution in [3.8, 4) is 0 Å². The van der Waals surface area contributed by atoms with Gasteiger partial charge in [-0.2, -0.15) is 0 Å². The van der Waals surface area contributed by atoms with Crippen molar-refractivity contribution in [2.24, 2.45) is 0 Å². The molecule has 1 aromatic rings. The van der Waals surface area contributed by atoms with E-state index in [4.69, 9.17) is 11.6 Å². The normalized spacial score (nSPS) is 23.1. The van der Waals surface area contributed by atoms with Gasteiger partial charge in [0.05, 0.1) is 5.69 Å². The van der Waals surface area contributed by atoms with Crippen LogP contribution in [0.25, 0.3) is 0 Å². The van der Waals surface area contributed by atoms with Crippen LogP contribution in [0.1, 0.15) is 37.8 Å². The number of likely N-dealkylation sites (tertiary alicyclic amines) is 2. The van der Waals surface area contributed by atoms with E-state index in [1.54, 1.807) is 6.20 Å². The second kappa shape index (κ2) is 6.88. The smallest absolute Gasteiger partial charge is 0.0558 e. The Kier molecular flexibility index (Phi) is 4.92. The van der Waals surface area contributed by atoms with Gasteiger partial charge in [0.15, 0.2) is 0 Å². The van der Waals surface area contributed by atoms with E-state index in [-0.39, 0.29) is 0 Å². The lowest BCUT2D eigenvalue weighted by Gasteiger charge is -2.40. The Hall–Kier alpha value is -0.640. The second-order valence-electron chi connectivity index (χ2n) is 6.07. The van der Waals surface area contributed by atoms with Gasteiger partial charge in [-0.25, -0.2) is 0 Å². The molecule has 1 aromatic heterocycles. The van der Waals surface area contributed by atoms with Crippen molar-refractivity contribution < 1.29 is 0 Å². The first-order chi connectivity index (χ1) is 9.81. The highest BCUT2D eigenvalue weighted by Gasteiger charge is 2.25. The molecule has 0 atom stereocenters. The van der Waals surface area contributed by atoms with E-state index in [1.807, 2.05) is 12.1 Å². The molecule has 0 amide bonds. The van der Waals surface area contributed by atoms with Crippen molar-refractivity contribution >= 4 is 11.6 Å². The molecule has 110 valence electrons. The minimum Gasteiger partial charge on any atom is -0.300 e. The summed E-state index contributed by atoms with van der Waals surface area (Å²) in [6, 6.07) is 4.64. The molecule has 2 aliphatic rings. The van der Waals surface area contributed by atoms with Crippen molar-refractivity contribution in [1.82, 2.24) is 14.8 Å². The predicted molar refractivity (Wildman–Crippen MR) is 83.0 cm³/mol. The number of hydrogen-bond acceptors (Lipinski definition) is 3. The zero-order valence-corrected chi connectivity index (χ0v) is 12.9. The van der Waals surface area contributed by atoms with Crippen molar-refractivity contribution in [3.05, 3.63) is 29.0 Å². The van der Waals surface area contributed by atoms with E-state index in [1.165, 1.54) is 58.3 Å². The minimum atomic E-state index is 0.790. The summed E-state index contributed by atoms with van der Waals surface area (Å²) in [5, 5.41) is 0.790. The van der Waals surface area contributed by atoms with Crippen LogP contribution in [-0.2, 0) is 6.54 Å². The highest BCUT2D eigenvalue weighted by molar-refractivity contribution is 6.30. The second-order valence-corrected chi connectivity index (χ2v) is 6.51. The fraction of sp³-hybridized carbons (Fsp3) is 0.688. The van der Waals surface area contributed by atoms with Gasteiger partial charge in [0.2, 0.25) is 0 Å². The molecule has 3 nitrogen and oxygen atoms in total. The maximum absolute atomic E-state index is 6.02. The first-order valence-electron chi connectivity index (χ1n) is 7.88. The third kappa shape index (κ3) is 3.72. The van der Waals surface area contributed by atoms with Gasteiger partial charge in [-0.3, -0.25) is 9.88 Å². The zero-order valence-electron chi connectivity index (χ0n) is 12.1. The predicted octanol–water partition coefficient (Wildman–Crippen LogP) is 3.19. The van der Waals surface area contributed by atoms with Crippen molar-refractivity contribution in [2.45, 2.75) is 44.7 Å². The molecule has 2 aliphatic heterocycles. The van der Waals surface area contributed by atoms with Gasteiger partial charge >= 0.3 is 0 Å². The van der Waals surface area contributed by atoms with Gasteiger partial charge in [0, 0.05) is 36.9 Å². The maximum atomic E-state index is 6.02. The van der Waals surface area contributed by atoms with E-state index in [2.05, 4.69) is 14.8 Å². The van der Waals surface area contributed by atoms with E-state index >= 15 is 0 Å². The molecule has 2 fully saturated rings. The molecule has 0 aromatic carbocycles. The van der Waals surface area contributed by atoms with Crippen LogP contribution in [0.3, 0.4) is 0 Å². The van der Waals surface area contributed by atoms with Gasteiger partial charge < -0.3 is 4.90 Å². The monoisotopic (exact) mass is 293 g/mol. The number of pyridine rings is 1. The van der Waals surface area contributed by atoms with Crippen LogP contribution in [-0.4, -0.2) is 47.0 Å². The van der Waals surface area contributed by atoms with E-state index in [0.717, 1.165) is 23.3 Å². The van der Waals surface area contributed by atoms with Gasteiger partial charge in [-0.15, -0.1) is 0 Å². The van der Waals surface area contributed by atoms with E-state index in [0.29, 0.717) is 0 Å². The Morgan fingerprint density at radius 3 is 2.55 bits per heavy atom. The SMILES string of the molecule is Clc1ccnc(CN2CCC(N3CCCCC3)CC2)c1. The molecule has 2 saturated heterocycles. The van der Waals surface area contributed by atoms with E-state index < -0.39 is 0 Å². The Balaban J connectivity index is 1.48. The Morgan fingerprint density at radius 1 is 1.10 bits per heavy atom. The van der Waals surface area contributed by atoms with Gasteiger partial charge in [-0.1, -0.05) is 18.0 Å². The van der Waals surface area contributed by atoms with E-state index in [9.17, 15) is 0 Å². The molecule has 3 rings (SSSR count). The fourth-order valence-electron chi connectivity index (χ4n) is 3.49. The number of rotatable bonds is 3. The lowest BCUT2D eigenvalue weighted by Crippen LogP contribution is -2.46. The van der Waals surface area contributed by atoms with Crippen LogP contribution in [0.5, 0.6) is 0 Å². The van der Waals surface area contributed by atoms with Crippen LogP contribution in [0.2, 0.25) is 5.02 Å². The lowest BCUT2D eigenvalue weighted by atomic mass is 10.00. The quantitative estimate of drug-likeness (QED) is 0.853. The minimum absolute atomic E-state index is 0.790. The first kappa shape index (κ1) is 14.3. The molecule has 0 N–H and O–H groups in total. The summed E-state index contributed by atoms with van der Waals surface area (Å²) in [7, 11) is 0. The Morgan fingerprint density at radius 2 is 1.85 bits per heavy atom. The molecule has 20 heavy (non-hydrogen) atoms. The first-order valence-corrected chi connectivity index (χ1v) is 8.26. The largest absolute Gasteiger partial charge is 0.300 e. The summed E-state index contributed by atoms with van der Waals surface area (Å²) in [6.45, 7) is 5.96. The summed E-state index contributed by atoms with van der Waals surface area (Å²) in [5.41, 5.74) is 1.09. The maximum Gasteiger partial charge on any atom is 0.0558 e. The molecule has 3 heterocycles. The third-order valence-corrected chi connectivity index (χ3v) is 4.86. The number of hydrogen-bond donors (Lipinski definition) is 0. The molecule has 0 aliphatic carbocycles. The van der Waals surface area contributed by atoms with Crippen LogP contribution in [0.4, 0.5) is 0 Å². The average Bonchev–Trinajstić information content (AvgIpc) is 2.49. The topological polar surface area (TPSA) is 19.4 Å². The van der Waals surface area contributed by atoms with Crippen molar-refractivity contribution in [3.63, 3.8) is 0 Å². The Labute approximate surface area is 126 Å². The molecule has 0 unspecified atom stereocenters.